The van der Waals surface area contributed by atoms with Crippen LogP contribution in [0.4, 0.5) is 4.79 Å². The first-order valence-electron chi connectivity index (χ1n) is 5.51. The van der Waals surface area contributed by atoms with Crippen LogP contribution in [0.1, 0.15) is 13.3 Å². The van der Waals surface area contributed by atoms with Crippen molar-refractivity contribution in [2.45, 2.75) is 19.4 Å². The van der Waals surface area contributed by atoms with E-state index < -0.39 is 41.9 Å². The van der Waals surface area contributed by atoms with E-state index >= 15 is 0 Å². The number of carboxylic acid groups (broad SMARTS) is 1. The van der Waals surface area contributed by atoms with E-state index in [-0.39, 0.29) is 6.04 Å². The minimum atomic E-state index is -1.20. The summed E-state index contributed by atoms with van der Waals surface area (Å²) in [5.74, 6) is -1.47. The number of carbonyl (C=O) groups is 3. The van der Waals surface area contributed by atoms with Crippen LogP contribution in [-0.4, -0.2) is 58.5 Å². The molecule has 0 saturated heterocycles. The van der Waals surface area contributed by atoms with Gasteiger partial charge in [-0.1, -0.05) is 0 Å². The Kier molecular flexibility index (Phi) is 8.71. The molecule has 0 bridgehead atoms. The third kappa shape index (κ3) is 11.3. The van der Waals surface area contributed by atoms with E-state index in [9.17, 15) is 18.6 Å². The summed E-state index contributed by atoms with van der Waals surface area (Å²) in [4.78, 5) is 32.6. The lowest BCUT2D eigenvalue weighted by molar-refractivity contribution is -0.143. The fourth-order valence-electron chi connectivity index (χ4n) is 1.07. The largest absolute Gasteiger partial charge is 0.480 e. The van der Waals surface area contributed by atoms with E-state index in [1.54, 1.807) is 13.2 Å². The van der Waals surface area contributed by atoms with Crippen LogP contribution in [0.5, 0.6) is 0 Å². The molecule has 3 N–H and O–H groups in total. The first-order chi connectivity index (χ1) is 8.81. The Morgan fingerprint density at radius 1 is 1.32 bits per heavy atom. The number of urea groups is 1. The Morgan fingerprint density at radius 3 is 2.47 bits per heavy atom. The summed E-state index contributed by atoms with van der Waals surface area (Å²) in [6.07, 6.45) is 2.09. The van der Waals surface area contributed by atoms with Crippen LogP contribution < -0.4 is 10.6 Å². The van der Waals surface area contributed by atoms with Crippen LogP contribution in [0.25, 0.3) is 0 Å². The van der Waals surface area contributed by atoms with Gasteiger partial charge >= 0.3 is 12.0 Å². The maximum Gasteiger partial charge on any atom is 0.329 e. The van der Waals surface area contributed by atoms with Crippen molar-refractivity contribution in [3.8, 4) is 0 Å². The first kappa shape index (κ1) is 17.5. The lowest BCUT2D eigenvalue weighted by atomic mass is 10.3. The second-order valence-corrected chi connectivity index (χ2v) is 5.43. The molecule has 0 saturated carbocycles. The molecule has 2 atom stereocenters. The number of ether oxygens (including phenoxy) is 1. The zero-order valence-electron chi connectivity index (χ0n) is 10.8. The number of hydrogen-bond acceptors (Lipinski definition) is 5. The van der Waals surface area contributed by atoms with Crippen molar-refractivity contribution < 1.29 is 28.4 Å². The predicted octanol–water partition coefficient (Wildman–Crippen LogP) is -0.929. The normalized spacial score (nSPS) is 13.4. The third-order valence-corrected chi connectivity index (χ3v) is 2.74. The number of amides is 3. The summed E-state index contributed by atoms with van der Waals surface area (Å²) in [7, 11) is -0.935. The third-order valence-electron chi connectivity index (χ3n) is 1.93. The van der Waals surface area contributed by atoms with Crippen molar-refractivity contribution in [2.24, 2.45) is 0 Å². The molecule has 0 heterocycles. The van der Waals surface area contributed by atoms with Crippen LogP contribution in [0, 0.1) is 0 Å². The van der Waals surface area contributed by atoms with E-state index in [0.717, 1.165) is 0 Å². The summed E-state index contributed by atoms with van der Waals surface area (Å²) in [6, 6.07) is -0.921. The van der Waals surface area contributed by atoms with Crippen LogP contribution in [0.2, 0.25) is 0 Å². The fourth-order valence-corrected chi connectivity index (χ4v) is 1.75. The molecule has 110 valence electrons. The minimum Gasteiger partial charge on any atom is -0.480 e. The van der Waals surface area contributed by atoms with Crippen molar-refractivity contribution >= 4 is 28.7 Å². The highest BCUT2D eigenvalue weighted by molar-refractivity contribution is 7.84. The first-order valence-corrected chi connectivity index (χ1v) is 7.24. The lowest BCUT2D eigenvalue weighted by Crippen LogP contribution is -2.45. The van der Waals surface area contributed by atoms with E-state index in [1.807, 2.05) is 5.32 Å². The molecule has 0 fully saturated rings. The molecule has 3 amide bonds. The van der Waals surface area contributed by atoms with Gasteiger partial charge in [0.1, 0.15) is 13.2 Å². The average molecular weight is 294 g/mol. The number of imide groups is 1. The quantitative estimate of drug-likeness (QED) is 0.531. The number of carboxylic acids is 1. The Balaban J connectivity index is 3.80. The Hall–Kier alpha value is -1.48. The molecular weight excluding hydrogens is 276 g/mol. The minimum absolute atomic E-state index is 0.225. The van der Waals surface area contributed by atoms with Gasteiger partial charge < -0.3 is 15.2 Å². The molecule has 0 spiro atoms. The molecule has 0 aliphatic heterocycles. The Bertz CT molecular complexity index is 360. The number of carbonyl (C=O) groups excluding carboxylic acids is 2. The van der Waals surface area contributed by atoms with Crippen LogP contribution in [0.15, 0.2) is 0 Å². The molecule has 19 heavy (non-hydrogen) atoms. The highest BCUT2D eigenvalue weighted by Gasteiger charge is 2.11. The summed E-state index contributed by atoms with van der Waals surface area (Å²) in [5, 5.41) is 12.7. The maximum absolute atomic E-state index is 11.3. The van der Waals surface area contributed by atoms with Crippen molar-refractivity contribution in [1.82, 2.24) is 10.6 Å². The topological polar surface area (TPSA) is 122 Å². The molecule has 0 radical (unpaired) electrons. The number of rotatable bonds is 8. The Morgan fingerprint density at radius 2 is 1.95 bits per heavy atom. The van der Waals surface area contributed by atoms with Crippen LogP contribution >= 0.6 is 0 Å². The second kappa shape index (κ2) is 9.45. The zero-order valence-corrected chi connectivity index (χ0v) is 11.6. The number of nitrogens with one attached hydrogen (secondary N) is 2. The van der Waals surface area contributed by atoms with Gasteiger partial charge in [-0.2, -0.15) is 0 Å². The highest BCUT2D eigenvalue weighted by atomic mass is 32.2. The Labute approximate surface area is 113 Å². The SMILES string of the molecule is CC(CCS(C)=O)NC(=O)NC(=O)COCC(=O)O. The van der Waals surface area contributed by atoms with E-state index in [0.29, 0.717) is 12.2 Å². The van der Waals surface area contributed by atoms with Gasteiger partial charge in [0.15, 0.2) is 0 Å². The van der Waals surface area contributed by atoms with E-state index in [4.69, 9.17) is 5.11 Å². The zero-order chi connectivity index (χ0) is 14.8. The molecule has 0 aliphatic carbocycles. The average Bonchev–Trinajstić information content (AvgIpc) is 2.25. The van der Waals surface area contributed by atoms with Crippen molar-refractivity contribution in [1.29, 1.82) is 0 Å². The van der Waals surface area contributed by atoms with Gasteiger partial charge in [0, 0.05) is 28.9 Å². The highest BCUT2D eigenvalue weighted by Crippen LogP contribution is 1.92. The van der Waals surface area contributed by atoms with Gasteiger partial charge in [0.05, 0.1) is 0 Å². The number of hydrogen-bond donors (Lipinski definition) is 3. The summed E-state index contributed by atoms with van der Waals surface area (Å²) in [5.41, 5.74) is 0. The summed E-state index contributed by atoms with van der Waals surface area (Å²) < 4.78 is 15.4. The molecule has 0 aromatic rings. The molecule has 0 aromatic carbocycles. The molecule has 9 heteroatoms. The summed E-state index contributed by atoms with van der Waals surface area (Å²) >= 11 is 0. The lowest BCUT2D eigenvalue weighted by Gasteiger charge is -2.13. The molecule has 2 unspecified atom stereocenters. The fraction of sp³-hybridized carbons (Fsp3) is 0.700. The molecular formula is C10H18N2O6S. The molecule has 0 rings (SSSR count). The van der Waals surface area contributed by atoms with Gasteiger partial charge in [-0.25, -0.2) is 9.59 Å². The van der Waals surface area contributed by atoms with Crippen molar-refractivity contribution in [3.05, 3.63) is 0 Å². The van der Waals surface area contributed by atoms with Gasteiger partial charge in [0.2, 0.25) is 0 Å². The van der Waals surface area contributed by atoms with E-state index in [1.165, 1.54) is 0 Å². The second-order valence-electron chi connectivity index (χ2n) is 3.88. The van der Waals surface area contributed by atoms with E-state index in [2.05, 4.69) is 10.1 Å². The maximum atomic E-state index is 11.3. The standard InChI is InChI=1S/C10H18N2O6S/c1-7(3-4-19(2)17)11-10(16)12-8(13)5-18-6-9(14)15/h7H,3-6H2,1-2H3,(H,14,15)(H2,11,12,13,16). The number of aliphatic carboxylic acids is 1. The van der Waals surface area contributed by atoms with Gasteiger partial charge in [-0.15, -0.1) is 0 Å². The van der Waals surface area contributed by atoms with Crippen LogP contribution in [-0.2, 0) is 25.1 Å². The van der Waals surface area contributed by atoms with Crippen molar-refractivity contribution in [2.75, 3.05) is 25.2 Å². The van der Waals surface area contributed by atoms with Crippen molar-refractivity contribution in [3.63, 3.8) is 0 Å². The predicted molar refractivity (Wildman–Crippen MR) is 68.1 cm³/mol. The summed E-state index contributed by atoms with van der Waals surface area (Å²) in [6.45, 7) is 0.610. The molecule has 8 nitrogen and oxygen atoms in total. The molecule has 0 aliphatic rings. The van der Waals surface area contributed by atoms with Gasteiger partial charge in [-0.3, -0.25) is 14.3 Å². The monoisotopic (exact) mass is 294 g/mol. The van der Waals surface area contributed by atoms with Gasteiger partial charge in [0.25, 0.3) is 5.91 Å². The van der Waals surface area contributed by atoms with Crippen LogP contribution in [0.3, 0.4) is 0 Å². The molecule has 0 aromatic heterocycles. The van der Waals surface area contributed by atoms with Gasteiger partial charge in [-0.05, 0) is 13.3 Å². The smallest absolute Gasteiger partial charge is 0.329 e.